The Kier molecular flexibility index (Phi) is 5.27. The highest BCUT2D eigenvalue weighted by molar-refractivity contribution is 7.92. The van der Waals surface area contributed by atoms with E-state index in [4.69, 9.17) is 0 Å². The van der Waals surface area contributed by atoms with Crippen LogP contribution in [-0.2, 0) is 10.0 Å². The monoisotopic (exact) mass is 337 g/mol. The van der Waals surface area contributed by atoms with Gasteiger partial charge in [0.05, 0.1) is 11.4 Å². The summed E-state index contributed by atoms with van der Waals surface area (Å²) in [6, 6.07) is 7.17. The van der Waals surface area contributed by atoms with Crippen molar-refractivity contribution in [3.05, 3.63) is 35.7 Å². The fraction of sp³-hybridized carbons (Fsp3) is 0.400. The van der Waals surface area contributed by atoms with Crippen molar-refractivity contribution < 1.29 is 8.42 Å². The standard InChI is InChI=1S/C15H23N5O2S/c1-11-15(12(2)18-17-11)23(21,22)19-14-7-5-13(6-8-14)16-9-10-20(3)4/h5-8,16,19H,9-10H2,1-4H3,(H,17,18). The Bertz CT molecular complexity index is 731. The number of aryl methyl sites for hydroxylation is 2. The normalized spacial score (nSPS) is 11.7. The minimum atomic E-state index is -3.64. The number of anilines is 2. The Morgan fingerprint density at radius 2 is 1.74 bits per heavy atom. The fourth-order valence-corrected chi connectivity index (χ4v) is 3.65. The number of sulfonamides is 1. The van der Waals surface area contributed by atoms with E-state index in [0.29, 0.717) is 17.1 Å². The maximum atomic E-state index is 12.4. The molecule has 0 bridgehead atoms. The lowest BCUT2D eigenvalue weighted by atomic mass is 10.3. The van der Waals surface area contributed by atoms with Gasteiger partial charge in [-0.3, -0.25) is 9.82 Å². The molecule has 1 heterocycles. The van der Waals surface area contributed by atoms with Crippen molar-refractivity contribution in [2.45, 2.75) is 18.7 Å². The van der Waals surface area contributed by atoms with Gasteiger partial charge in [-0.15, -0.1) is 0 Å². The Hall–Kier alpha value is -2.06. The number of likely N-dealkylation sites (N-methyl/N-ethyl adjacent to an activating group) is 1. The quantitative estimate of drug-likeness (QED) is 0.717. The van der Waals surface area contributed by atoms with Gasteiger partial charge in [-0.05, 0) is 52.2 Å². The zero-order valence-corrected chi connectivity index (χ0v) is 14.7. The van der Waals surface area contributed by atoms with E-state index in [1.54, 1.807) is 26.0 Å². The first-order chi connectivity index (χ1) is 10.8. The number of hydrogen-bond donors (Lipinski definition) is 3. The third kappa shape index (κ3) is 4.46. The lowest BCUT2D eigenvalue weighted by Gasteiger charge is -2.12. The van der Waals surface area contributed by atoms with Gasteiger partial charge in [-0.1, -0.05) is 0 Å². The first-order valence-corrected chi connectivity index (χ1v) is 8.81. The van der Waals surface area contributed by atoms with Crippen LogP contribution in [-0.4, -0.2) is 50.7 Å². The molecule has 0 fully saturated rings. The predicted octanol–water partition coefficient (Wildman–Crippen LogP) is 1.80. The second-order valence-corrected chi connectivity index (χ2v) is 7.30. The third-order valence-corrected chi connectivity index (χ3v) is 5.00. The summed E-state index contributed by atoms with van der Waals surface area (Å²) in [4.78, 5) is 2.29. The minimum Gasteiger partial charge on any atom is -0.384 e. The Morgan fingerprint density at radius 3 is 2.26 bits per heavy atom. The predicted molar refractivity (Wildman–Crippen MR) is 92.4 cm³/mol. The van der Waals surface area contributed by atoms with Gasteiger partial charge in [0.15, 0.2) is 0 Å². The molecule has 0 spiro atoms. The van der Waals surface area contributed by atoms with Crippen LogP contribution in [0.4, 0.5) is 11.4 Å². The van der Waals surface area contributed by atoms with E-state index in [2.05, 4.69) is 25.1 Å². The molecule has 126 valence electrons. The van der Waals surface area contributed by atoms with Gasteiger partial charge in [-0.2, -0.15) is 5.10 Å². The van der Waals surface area contributed by atoms with Crippen LogP contribution in [0.1, 0.15) is 11.4 Å². The van der Waals surface area contributed by atoms with Crippen molar-refractivity contribution in [1.82, 2.24) is 15.1 Å². The summed E-state index contributed by atoms with van der Waals surface area (Å²) in [6.45, 7) is 5.10. The van der Waals surface area contributed by atoms with Crippen LogP contribution in [0, 0.1) is 13.8 Å². The second-order valence-electron chi connectivity index (χ2n) is 5.68. The maximum Gasteiger partial charge on any atom is 0.265 e. The highest BCUT2D eigenvalue weighted by atomic mass is 32.2. The topological polar surface area (TPSA) is 90.1 Å². The van der Waals surface area contributed by atoms with E-state index in [0.717, 1.165) is 18.8 Å². The zero-order chi connectivity index (χ0) is 17.0. The number of benzene rings is 1. The minimum absolute atomic E-state index is 0.200. The van der Waals surface area contributed by atoms with Crippen molar-refractivity contribution in [1.29, 1.82) is 0 Å². The molecule has 1 aromatic carbocycles. The highest BCUT2D eigenvalue weighted by Gasteiger charge is 2.22. The number of nitrogens with one attached hydrogen (secondary N) is 3. The molecule has 2 aromatic rings. The number of hydrogen-bond acceptors (Lipinski definition) is 5. The summed E-state index contributed by atoms with van der Waals surface area (Å²) in [6.07, 6.45) is 0. The first kappa shape index (κ1) is 17.3. The maximum absolute atomic E-state index is 12.4. The van der Waals surface area contributed by atoms with Gasteiger partial charge in [0.2, 0.25) is 0 Å². The van der Waals surface area contributed by atoms with Crippen LogP contribution >= 0.6 is 0 Å². The Balaban J connectivity index is 2.06. The molecule has 0 saturated carbocycles. The van der Waals surface area contributed by atoms with Gasteiger partial charge < -0.3 is 10.2 Å². The largest absolute Gasteiger partial charge is 0.384 e. The van der Waals surface area contributed by atoms with E-state index in [9.17, 15) is 8.42 Å². The summed E-state index contributed by atoms with van der Waals surface area (Å²) in [5, 5.41) is 9.89. The van der Waals surface area contributed by atoms with E-state index < -0.39 is 10.0 Å². The molecule has 23 heavy (non-hydrogen) atoms. The number of nitrogens with zero attached hydrogens (tertiary/aromatic N) is 2. The van der Waals surface area contributed by atoms with Gasteiger partial charge in [-0.25, -0.2) is 8.42 Å². The van der Waals surface area contributed by atoms with Crippen LogP contribution in [0.2, 0.25) is 0 Å². The Morgan fingerprint density at radius 1 is 1.13 bits per heavy atom. The molecular weight excluding hydrogens is 314 g/mol. The molecule has 0 unspecified atom stereocenters. The van der Waals surface area contributed by atoms with Crippen molar-refractivity contribution in [2.24, 2.45) is 0 Å². The van der Waals surface area contributed by atoms with E-state index >= 15 is 0 Å². The van der Waals surface area contributed by atoms with Crippen LogP contribution in [0.3, 0.4) is 0 Å². The Labute approximate surface area is 137 Å². The van der Waals surface area contributed by atoms with Crippen molar-refractivity contribution in [3.8, 4) is 0 Å². The summed E-state index contributed by atoms with van der Waals surface area (Å²) in [5.74, 6) is 0. The zero-order valence-electron chi connectivity index (χ0n) is 13.8. The number of aromatic nitrogens is 2. The van der Waals surface area contributed by atoms with Crippen molar-refractivity contribution >= 4 is 21.4 Å². The summed E-state index contributed by atoms with van der Waals surface area (Å²) < 4.78 is 27.5. The highest BCUT2D eigenvalue weighted by Crippen LogP contribution is 2.21. The number of H-pyrrole nitrogens is 1. The van der Waals surface area contributed by atoms with Gasteiger partial charge >= 0.3 is 0 Å². The van der Waals surface area contributed by atoms with E-state index in [1.165, 1.54) is 0 Å². The number of aromatic amines is 1. The molecule has 3 N–H and O–H groups in total. The van der Waals surface area contributed by atoms with Gasteiger partial charge in [0, 0.05) is 24.5 Å². The summed E-state index contributed by atoms with van der Waals surface area (Å²) in [5.41, 5.74) is 2.45. The molecule has 0 atom stereocenters. The van der Waals surface area contributed by atoms with Crippen LogP contribution in [0.5, 0.6) is 0 Å². The molecule has 0 aliphatic heterocycles. The molecule has 7 nitrogen and oxygen atoms in total. The molecule has 0 aliphatic carbocycles. The molecule has 8 heteroatoms. The number of rotatable bonds is 7. The lowest BCUT2D eigenvalue weighted by Crippen LogP contribution is -2.20. The molecule has 2 rings (SSSR count). The van der Waals surface area contributed by atoms with Gasteiger partial charge in [0.1, 0.15) is 4.90 Å². The van der Waals surface area contributed by atoms with Crippen molar-refractivity contribution in [3.63, 3.8) is 0 Å². The van der Waals surface area contributed by atoms with Crippen LogP contribution in [0.25, 0.3) is 0 Å². The van der Waals surface area contributed by atoms with Gasteiger partial charge in [0.25, 0.3) is 10.0 Å². The summed E-state index contributed by atoms with van der Waals surface area (Å²) in [7, 11) is 0.383. The molecule has 0 aliphatic rings. The third-order valence-electron chi connectivity index (χ3n) is 3.35. The van der Waals surface area contributed by atoms with E-state index in [-0.39, 0.29) is 4.90 Å². The molecule has 0 radical (unpaired) electrons. The van der Waals surface area contributed by atoms with Crippen LogP contribution in [0.15, 0.2) is 29.2 Å². The average molecular weight is 337 g/mol. The summed E-state index contributed by atoms with van der Waals surface area (Å²) >= 11 is 0. The molecular formula is C15H23N5O2S. The molecule has 0 saturated heterocycles. The van der Waals surface area contributed by atoms with E-state index in [1.807, 2.05) is 26.2 Å². The van der Waals surface area contributed by atoms with Crippen molar-refractivity contribution in [2.75, 3.05) is 37.2 Å². The molecule has 1 aromatic heterocycles. The SMILES string of the molecule is Cc1n[nH]c(C)c1S(=O)(=O)Nc1ccc(NCCN(C)C)cc1. The average Bonchev–Trinajstić information content (AvgIpc) is 2.80. The lowest BCUT2D eigenvalue weighted by molar-refractivity contribution is 0.425. The second kappa shape index (κ2) is 7.01. The van der Waals surface area contributed by atoms with Crippen LogP contribution < -0.4 is 10.0 Å². The fourth-order valence-electron chi connectivity index (χ4n) is 2.22. The smallest absolute Gasteiger partial charge is 0.265 e. The molecule has 0 amide bonds. The first-order valence-electron chi connectivity index (χ1n) is 7.32.